The topological polar surface area (TPSA) is 0 Å². The van der Waals surface area contributed by atoms with Gasteiger partial charge in [0, 0.05) is 3.57 Å². The zero-order valence-electron chi connectivity index (χ0n) is 11.6. The lowest BCUT2D eigenvalue weighted by Gasteiger charge is -2.08. The lowest BCUT2D eigenvalue weighted by Crippen LogP contribution is -1.86. The highest BCUT2D eigenvalue weighted by atomic mass is 127. The molecule has 0 aliphatic rings. The Hall–Kier alpha value is -1.68. The van der Waals surface area contributed by atoms with Gasteiger partial charge in [-0.3, -0.25) is 0 Å². The Bertz CT molecular complexity index is 759. The third-order valence-corrected chi connectivity index (χ3v) is 4.40. The van der Waals surface area contributed by atoms with Gasteiger partial charge in [0.1, 0.15) is 5.82 Å². The summed E-state index contributed by atoms with van der Waals surface area (Å²) in [5.74, 6) is -0.204. The molecule has 104 valence electrons. The molecule has 3 aromatic rings. The highest BCUT2D eigenvalue weighted by Crippen LogP contribution is 2.30. The van der Waals surface area contributed by atoms with E-state index in [1.807, 2.05) is 12.1 Å². The van der Waals surface area contributed by atoms with E-state index in [0.29, 0.717) is 0 Å². The second-order valence-electron chi connectivity index (χ2n) is 5.07. The van der Waals surface area contributed by atoms with Gasteiger partial charge >= 0.3 is 0 Å². The first kappa shape index (κ1) is 14.3. The van der Waals surface area contributed by atoms with Crippen LogP contribution in [0.15, 0.2) is 66.7 Å². The van der Waals surface area contributed by atoms with E-state index in [1.165, 1.54) is 28.8 Å². The number of aryl methyl sites for hydroxylation is 1. The molecule has 0 amide bonds. The Kier molecular flexibility index (Phi) is 4.06. The predicted octanol–water partition coefficient (Wildman–Crippen LogP) is 6.07. The highest BCUT2D eigenvalue weighted by molar-refractivity contribution is 14.1. The Morgan fingerprint density at radius 2 is 1.29 bits per heavy atom. The van der Waals surface area contributed by atoms with Crippen LogP contribution in [0.25, 0.3) is 22.3 Å². The van der Waals surface area contributed by atoms with Gasteiger partial charge in [0.15, 0.2) is 0 Å². The molecule has 0 spiro atoms. The van der Waals surface area contributed by atoms with Crippen molar-refractivity contribution >= 4 is 22.6 Å². The molecule has 0 radical (unpaired) electrons. The molecule has 0 N–H and O–H groups in total. The zero-order chi connectivity index (χ0) is 14.8. The van der Waals surface area contributed by atoms with Gasteiger partial charge in [-0.05, 0) is 70.0 Å². The molecule has 2 heteroatoms. The van der Waals surface area contributed by atoms with E-state index in [2.05, 4.69) is 72.0 Å². The lowest BCUT2D eigenvalue weighted by atomic mass is 10.00. The summed E-state index contributed by atoms with van der Waals surface area (Å²) in [6, 6.07) is 21.5. The van der Waals surface area contributed by atoms with Crippen molar-refractivity contribution in [2.45, 2.75) is 6.92 Å². The average Bonchev–Trinajstić information content (AvgIpc) is 2.49. The van der Waals surface area contributed by atoms with Gasteiger partial charge in [-0.1, -0.05) is 54.1 Å². The van der Waals surface area contributed by atoms with Crippen LogP contribution in [0, 0.1) is 16.3 Å². The van der Waals surface area contributed by atoms with Crippen molar-refractivity contribution in [3.63, 3.8) is 0 Å². The molecule has 21 heavy (non-hydrogen) atoms. The molecule has 0 nitrogen and oxygen atoms in total. The maximum Gasteiger partial charge on any atom is 0.123 e. The molecular weight excluding hydrogens is 374 g/mol. The molecule has 0 aliphatic heterocycles. The smallest absolute Gasteiger partial charge is 0.123 e. The lowest BCUT2D eigenvalue weighted by molar-refractivity contribution is 0.628. The summed E-state index contributed by atoms with van der Waals surface area (Å²) in [6.07, 6.45) is 0. The van der Waals surface area contributed by atoms with Crippen molar-refractivity contribution in [3.05, 3.63) is 81.7 Å². The van der Waals surface area contributed by atoms with Crippen molar-refractivity contribution in [2.24, 2.45) is 0 Å². The third-order valence-electron chi connectivity index (χ3n) is 3.51. The van der Waals surface area contributed by atoms with Gasteiger partial charge in [-0.25, -0.2) is 4.39 Å². The van der Waals surface area contributed by atoms with E-state index in [1.54, 1.807) is 0 Å². The fraction of sp³-hybridized carbons (Fsp3) is 0.0526. The summed E-state index contributed by atoms with van der Waals surface area (Å²) in [4.78, 5) is 0. The average molecular weight is 388 g/mol. The van der Waals surface area contributed by atoms with Crippen LogP contribution in [0.3, 0.4) is 0 Å². The summed E-state index contributed by atoms with van der Waals surface area (Å²) in [7, 11) is 0. The second-order valence-corrected chi connectivity index (χ2v) is 6.23. The maximum absolute atomic E-state index is 13.0. The summed E-state index contributed by atoms with van der Waals surface area (Å²) in [6.45, 7) is 2.09. The van der Waals surface area contributed by atoms with Crippen molar-refractivity contribution < 1.29 is 4.39 Å². The maximum atomic E-state index is 13.0. The molecule has 0 aliphatic carbocycles. The number of benzene rings is 3. The number of hydrogen-bond donors (Lipinski definition) is 0. The van der Waals surface area contributed by atoms with E-state index >= 15 is 0 Å². The SMILES string of the molecule is Cc1ccc(-c2ccc(-c3ccc(F)cc3)c(I)c2)cc1. The second kappa shape index (κ2) is 5.98. The molecule has 0 atom stereocenters. The van der Waals surface area contributed by atoms with E-state index in [-0.39, 0.29) is 5.82 Å². The van der Waals surface area contributed by atoms with Gasteiger partial charge in [0.2, 0.25) is 0 Å². The highest BCUT2D eigenvalue weighted by Gasteiger charge is 2.06. The van der Waals surface area contributed by atoms with Gasteiger partial charge < -0.3 is 0 Å². The monoisotopic (exact) mass is 388 g/mol. The van der Waals surface area contributed by atoms with Crippen LogP contribution in [-0.2, 0) is 0 Å². The first-order valence-corrected chi connectivity index (χ1v) is 7.84. The summed E-state index contributed by atoms with van der Waals surface area (Å²) < 4.78 is 14.2. The molecule has 0 aromatic heterocycles. The van der Waals surface area contributed by atoms with Crippen LogP contribution >= 0.6 is 22.6 Å². The van der Waals surface area contributed by atoms with E-state index in [4.69, 9.17) is 0 Å². The normalized spacial score (nSPS) is 10.6. The summed E-state index contributed by atoms with van der Waals surface area (Å²) >= 11 is 2.34. The van der Waals surface area contributed by atoms with Crippen LogP contribution in [0.1, 0.15) is 5.56 Å². The minimum atomic E-state index is -0.204. The van der Waals surface area contributed by atoms with Crippen LogP contribution in [0.2, 0.25) is 0 Å². The standard InChI is InChI=1S/C19H14FI/c1-13-2-4-14(5-3-13)16-8-11-18(19(21)12-16)15-6-9-17(20)10-7-15/h2-12H,1H3. The van der Waals surface area contributed by atoms with Crippen LogP contribution in [0.4, 0.5) is 4.39 Å². The fourth-order valence-corrected chi connectivity index (χ4v) is 3.13. The minimum Gasteiger partial charge on any atom is -0.207 e. The Morgan fingerprint density at radius 3 is 1.90 bits per heavy atom. The Balaban J connectivity index is 1.99. The van der Waals surface area contributed by atoms with Crippen LogP contribution < -0.4 is 0 Å². The first-order valence-electron chi connectivity index (χ1n) is 6.76. The molecule has 0 heterocycles. The third kappa shape index (κ3) is 3.16. The quantitative estimate of drug-likeness (QED) is 0.468. The predicted molar refractivity (Wildman–Crippen MR) is 94.7 cm³/mol. The van der Waals surface area contributed by atoms with Crippen LogP contribution in [0.5, 0.6) is 0 Å². The van der Waals surface area contributed by atoms with Gasteiger partial charge in [0.25, 0.3) is 0 Å². The van der Waals surface area contributed by atoms with E-state index < -0.39 is 0 Å². The molecule has 3 aromatic carbocycles. The number of hydrogen-bond acceptors (Lipinski definition) is 0. The fourth-order valence-electron chi connectivity index (χ4n) is 2.30. The minimum absolute atomic E-state index is 0.204. The number of rotatable bonds is 2. The van der Waals surface area contributed by atoms with Gasteiger partial charge in [0.05, 0.1) is 0 Å². The van der Waals surface area contributed by atoms with Gasteiger partial charge in [-0.15, -0.1) is 0 Å². The van der Waals surface area contributed by atoms with Gasteiger partial charge in [-0.2, -0.15) is 0 Å². The molecule has 0 bridgehead atoms. The molecule has 3 rings (SSSR count). The van der Waals surface area contributed by atoms with Crippen molar-refractivity contribution in [2.75, 3.05) is 0 Å². The Morgan fingerprint density at radius 1 is 0.714 bits per heavy atom. The molecule has 0 fully saturated rings. The molecular formula is C19H14FI. The zero-order valence-corrected chi connectivity index (χ0v) is 13.8. The molecule has 0 unspecified atom stereocenters. The summed E-state index contributed by atoms with van der Waals surface area (Å²) in [5.41, 5.74) is 5.84. The van der Waals surface area contributed by atoms with Crippen LogP contribution in [-0.4, -0.2) is 0 Å². The van der Waals surface area contributed by atoms with E-state index in [9.17, 15) is 4.39 Å². The molecule has 0 saturated heterocycles. The van der Waals surface area contributed by atoms with Crippen molar-refractivity contribution in [1.29, 1.82) is 0 Å². The summed E-state index contributed by atoms with van der Waals surface area (Å²) in [5, 5.41) is 0. The van der Waals surface area contributed by atoms with E-state index in [0.717, 1.165) is 14.7 Å². The largest absolute Gasteiger partial charge is 0.207 e. The molecule has 0 saturated carbocycles. The van der Waals surface area contributed by atoms with Crippen molar-refractivity contribution in [3.8, 4) is 22.3 Å². The van der Waals surface area contributed by atoms with Crippen molar-refractivity contribution in [1.82, 2.24) is 0 Å². The Labute approximate surface area is 137 Å². The first-order chi connectivity index (χ1) is 10.1. The number of halogens is 2.